The Bertz CT molecular complexity index is 520. The van der Waals surface area contributed by atoms with Crippen molar-refractivity contribution >= 4 is 35.3 Å². The molecular weight excluding hydrogens is 258 g/mol. The minimum atomic E-state index is 0.508. The van der Waals surface area contributed by atoms with Gasteiger partial charge in [-0.2, -0.15) is 16.9 Å². The van der Waals surface area contributed by atoms with E-state index in [1.165, 1.54) is 17.1 Å². The van der Waals surface area contributed by atoms with E-state index < -0.39 is 0 Å². The summed E-state index contributed by atoms with van der Waals surface area (Å²) in [5.41, 5.74) is 0. The molecule has 0 saturated carbocycles. The highest BCUT2D eigenvalue weighted by Gasteiger charge is 2.22. The zero-order chi connectivity index (χ0) is 11.0. The molecule has 3 heterocycles. The van der Waals surface area contributed by atoms with Gasteiger partial charge >= 0.3 is 0 Å². The summed E-state index contributed by atoms with van der Waals surface area (Å²) in [4.78, 5) is 1.18. The molecule has 1 atom stereocenters. The van der Waals surface area contributed by atoms with Crippen molar-refractivity contribution in [1.29, 1.82) is 0 Å². The maximum Gasteiger partial charge on any atom is 0.195 e. The second kappa shape index (κ2) is 4.35. The summed E-state index contributed by atoms with van der Waals surface area (Å²) in [6.07, 6.45) is 1.19. The van der Waals surface area contributed by atoms with Crippen LogP contribution in [0.5, 0.6) is 0 Å². The van der Waals surface area contributed by atoms with Crippen molar-refractivity contribution in [1.82, 2.24) is 14.8 Å². The normalized spacial score (nSPS) is 20.4. The average molecular weight is 269 g/mol. The molecular formula is C10H11N3S3. The lowest BCUT2D eigenvalue weighted by Gasteiger charge is -2.12. The highest BCUT2D eigenvalue weighted by atomic mass is 32.2. The molecule has 1 aliphatic heterocycles. The smallest absolute Gasteiger partial charge is 0.195 e. The zero-order valence-electron chi connectivity index (χ0n) is 8.55. The SMILES string of the molecule is S=c1[nH]nc(-c2cccs2)n1C1CCSC1. The molecule has 0 amide bonds. The number of hydrogen-bond acceptors (Lipinski definition) is 4. The summed E-state index contributed by atoms with van der Waals surface area (Å²) in [6, 6.07) is 4.65. The Morgan fingerprint density at radius 3 is 3.19 bits per heavy atom. The monoisotopic (exact) mass is 269 g/mol. The maximum absolute atomic E-state index is 5.32. The van der Waals surface area contributed by atoms with Crippen LogP contribution >= 0.6 is 35.3 Å². The van der Waals surface area contributed by atoms with Gasteiger partial charge in [0.1, 0.15) is 0 Å². The molecule has 0 aliphatic carbocycles. The largest absolute Gasteiger partial charge is 0.295 e. The van der Waals surface area contributed by atoms with Crippen molar-refractivity contribution in [3.05, 3.63) is 22.3 Å². The summed E-state index contributed by atoms with van der Waals surface area (Å²) in [5.74, 6) is 3.36. The van der Waals surface area contributed by atoms with E-state index in [-0.39, 0.29) is 0 Å². The topological polar surface area (TPSA) is 33.6 Å². The van der Waals surface area contributed by atoms with Gasteiger partial charge in [0.05, 0.1) is 4.88 Å². The van der Waals surface area contributed by atoms with Gasteiger partial charge in [-0.05, 0) is 35.8 Å². The van der Waals surface area contributed by atoms with E-state index in [0.29, 0.717) is 6.04 Å². The van der Waals surface area contributed by atoms with Crippen molar-refractivity contribution in [2.45, 2.75) is 12.5 Å². The fraction of sp³-hybridized carbons (Fsp3) is 0.400. The summed E-state index contributed by atoms with van der Waals surface area (Å²) in [5, 5.41) is 9.34. The summed E-state index contributed by atoms with van der Waals surface area (Å²) >= 11 is 9.02. The molecule has 1 N–H and O–H groups in total. The molecule has 1 unspecified atom stereocenters. The molecule has 0 bridgehead atoms. The van der Waals surface area contributed by atoms with Crippen molar-refractivity contribution in [2.75, 3.05) is 11.5 Å². The quantitative estimate of drug-likeness (QED) is 0.849. The van der Waals surface area contributed by atoms with E-state index in [1.54, 1.807) is 11.3 Å². The zero-order valence-corrected chi connectivity index (χ0v) is 11.0. The first-order valence-corrected chi connectivity index (χ1v) is 7.59. The van der Waals surface area contributed by atoms with Crippen LogP contribution in [-0.2, 0) is 0 Å². The third-order valence-corrected chi connectivity index (χ3v) is 5.02. The Morgan fingerprint density at radius 2 is 2.50 bits per heavy atom. The second-order valence-corrected chi connectivity index (χ2v) is 6.20. The van der Waals surface area contributed by atoms with Crippen LogP contribution in [0.2, 0.25) is 0 Å². The number of H-pyrrole nitrogens is 1. The van der Waals surface area contributed by atoms with Crippen LogP contribution in [0.1, 0.15) is 12.5 Å². The van der Waals surface area contributed by atoms with Gasteiger partial charge in [-0.1, -0.05) is 6.07 Å². The first-order chi connectivity index (χ1) is 7.86. The molecule has 2 aromatic rings. The minimum Gasteiger partial charge on any atom is -0.295 e. The van der Waals surface area contributed by atoms with Crippen LogP contribution in [0.25, 0.3) is 10.7 Å². The van der Waals surface area contributed by atoms with Crippen LogP contribution in [0.15, 0.2) is 17.5 Å². The fourth-order valence-electron chi connectivity index (χ4n) is 1.95. The molecule has 0 aromatic carbocycles. The lowest BCUT2D eigenvalue weighted by molar-refractivity contribution is 0.558. The molecule has 84 valence electrons. The molecule has 0 spiro atoms. The van der Waals surface area contributed by atoms with Gasteiger partial charge in [-0.15, -0.1) is 11.3 Å². The van der Waals surface area contributed by atoms with Crippen LogP contribution < -0.4 is 0 Å². The molecule has 1 aliphatic rings. The van der Waals surface area contributed by atoms with Gasteiger partial charge in [-0.3, -0.25) is 9.67 Å². The molecule has 2 aromatic heterocycles. The van der Waals surface area contributed by atoms with Gasteiger partial charge in [0.2, 0.25) is 0 Å². The summed E-state index contributed by atoms with van der Waals surface area (Å²) < 4.78 is 2.93. The minimum absolute atomic E-state index is 0.508. The highest BCUT2D eigenvalue weighted by Crippen LogP contribution is 2.32. The number of thioether (sulfide) groups is 1. The number of nitrogens with one attached hydrogen (secondary N) is 1. The standard InChI is InChI=1S/C10H11N3S3/c14-10-12-11-9(8-2-1-4-16-8)13(10)7-3-5-15-6-7/h1-2,4,7H,3,5-6H2,(H,12,14). The lowest BCUT2D eigenvalue weighted by atomic mass is 10.2. The third-order valence-electron chi connectivity index (χ3n) is 2.72. The number of nitrogens with zero attached hydrogens (tertiary/aromatic N) is 2. The first kappa shape index (κ1) is 10.6. The van der Waals surface area contributed by atoms with Gasteiger partial charge in [0.25, 0.3) is 0 Å². The summed E-state index contributed by atoms with van der Waals surface area (Å²) in [7, 11) is 0. The maximum atomic E-state index is 5.32. The van der Waals surface area contributed by atoms with Gasteiger partial charge < -0.3 is 0 Å². The van der Waals surface area contributed by atoms with Crippen molar-refractivity contribution in [3.8, 4) is 10.7 Å². The Kier molecular flexibility index (Phi) is 2.87. The average Bonchev–Trinajstić information content (AvgIpc) is 2.96. The van der Waals surface area contributed by atoms with E-state index in [2.05, 4.69) is 26.2 Å². The van der Waals surface area contributed by atoms with Gasteiger partial charge in [0, 0.05) is 11.8 Å². The van der Waals surface area contributed by atoms with Crippen LogP contribution in [0.4, 0.5) is 0 Å². The first-order valence-electron chi connectivity index (χ1n) is 5.15. The van der Waals surface area contributed by atoms with Crippen molar-refractivity contribution in [3.63, 3.8) is 0 Å². The van der Waals surface area contributed by atoms with Crippen molar-refractivity contribution in [2.24, 2.45) is 0 Å². The number of aromatic amines is 1. The molecule has 1 saturated heterocycles. The molecule has 16 heavy (non-hydrogen) atoms. The molecule has 3 rings (SSSR count). The second-order valence-electron chi connectivity index (χ2n) is 3.72. The van der Waals surface area contributed by atoms with Crippen LogP contribution in [0.3, 0.4) is 0 Å². The van der Waals surface area contributed by atoms with E-state index >= 15 is 0 Å². The molecule has 1 fully saturated rings. The predicted octanol–water partition coefficient (Wildman–Crippen LogP) is 3.35. The van der Waals surface area contributed by atoms with Crippen molar-refractivity contribution < 1.29 is 0 Å². The predicted molar refractivity (Wildman–Crippen MR) is 71.7 cm³/mol. The Morgan fingerprint density at radius 1 is 1.56 bits per heavy atom. The van der Waals surface area contributed by atoms with E-state index in [1.807, 2.05) is 17.8 Å². The van der Waals surface area contributed by atoms with Gasteiger partial charge in [0.15, 0.2) is 10.6 Å². The van der Waals surface area contributed by atoms with E-state index in [9.17, 15) is 0 Å². The number of hydrogen-bond donors (Lipinski definition) is 1. The summed E-state index contributed by atoms with van der Waals surface area (Å²) in [6.45, 7) is 0. The third kappa shape index (κ3) is 1.74. The Hall–Kier alpha value is -0.590. The Labute approximate surface area is 107 Å². The number of rotatable bonds is 2. The van der Waals surface area contributed by atoms with Gasteiger partial charge in [-0.25, -0.2) is 0 Å². The Balaban J connectivity index is 2.09. The van der Waals surface area contributed by atoms with E-state index in [4.69, 9.17) is 12.2 Å². The number of aromatic nitrogens is 3. The van der Waals surface area contributed by atoms with E-state index in [0.717, 1.165) is 16.3 Å². The highest BCUT2D eigenvalue weighted by molar-refractivity contribution is 7.99. The van der Waals surface area contributed by atoms with Crippen LogP contribution in [0, 0.1) is 4.77 Å². The molecule has 6 heteroatoms. The lowest BCUT2D eigenvalue weighted by Crippen LogP contribution is -2.09. The van der Waals surface area contributed by atoms with Crippen LogP contribution in [-0.4, -0.2) is 26.3 Å². The number of thiophene rings is 1. The molecule has 3 nitrogen and oxygen atoms in total. The fourth-order valence-corrected chi connectivity index (χ4v) is 4.13. The molecule has 0 radical (unpaired) electrons.